The molecule has 2 aliphatic heterocycles. The predicted molar refractivity (Wildman–Crippen MR) is 46.7 cm³/mol. The molecule has 1 amide bonds. The number of hydrogen-bond donors (Lipinski definition) is 1. The molecule has 0 aliphatic carbocycles. The van der Waals surface area contributed by atoms with Gasteiger partial charge in [-0.05, 0) is 12.8 Å². The van der Waals surface area contributed by atoms with E-state index in [-0.39, 0.29) is 18.6 Å². The highest BCUT2D eigenvalue weighted by atomic mass is 16.5. The Morgan fingerprint density at radius 2 is 2.29 bits per heavy atom. The monoisotopic (exact) mass is 199 g/mol. The predicted octanol–water partition coefficient (Wildman–Crippen LogP) is -0.292. The minimum Gasteiger partial charge on any atom is -0.481 e. The Labute approximate surface area is 81.6 Å². The third kappa shape index (κ3) is 1.59. The lowest BCUT2D eigenvalue weighted by Crippen LogP contribution is -2.54. The normalized spacial score (nSPS) is 32.6. The maximum atomic E-state index is 11.4. The van der Waals surface area contributed by atoms with E-state index in [1.165, 1.54) is 0 Å². The lowest BCUT2D eigenvalue weighted by molar-refractivity contribution is -0.157. The number of morpholine rings is 1. The zero-order valence-corrected chi connectivity index (χ0v) is 7.81. The van der Waals surface area contributed by atoms with Gasteiger partial charge in [0.25, 0.3) is 0 Å². The summed E-state index contributed by atoms with van der Waals surface area (Å²) in [4.78, 5) is 23.8. The molecule has 0 unspecified atom stereocenters. The van der Waals surface area contributed by atoms with E-state index in [0.29, 0.717) is 19.6 Å². The molecule has 2 atom stereocenters. The fourth-order valence-electron chi connectivity index (χ4n) is 2.07. The zero-order valence-electron chi connectivity index (χ0n) is 7.81. The average molecular weight is 199 g/mol. The molecule has 2 heterocycles. The van der Waals surface area contributed by atoms with Gasteiger partial charge in [-0.2, -0.15) is 0 Å². The van der Waals surface area contributed by atoms with Gasteiger partial charge in [0.15, 0.2) is 0 Å². The first-order valence-corrected chi connectivity index (χ1v) is 4.78. The Balaban J connectivity index is 2.05. The van der Waals surface area contributed by atoms with Crippen LogP contribution < -0.4 is 0 Å². The van der Waals surface area contributed by atoms with Crippen molar-refractivity contribution < 1.29 is 19.4 Å². The van der Waals surface area contributed by atoms with E-state index in [2.05, 4.69) is 0 Å². The molecule has 5 heteroatoms. The van der Waals surface area contributed by atoms with Crippen LogP contribution in [0.4, 0.5) is 0 Å². The largest absolute Gasteiger partial charge is 0.481 e. The summed E-state index contributed by atoms with van der Waals surface area (Å²) in [7, 11) is 0. The first-order valence-electron chi connectivity index (χ1n) is 4.78. The number of hydrogen-bond acceptors (Lipinski definition) is 3. The molecule has 2 aliphatic rings. The van der Waals surface area contributed by atoms with Crippen LogP contribution in [0, 0.1) is 5.92 Å². The van der Waals surface area contributed by atoms with E-state index >= 15 is 0 Å². The molecule has 1 N–H and O–H groups in total. The highest BCUT2D eigenvalue weighted by Crippen LogP contribution is 2.24. The van der Waals surface area contributed by atoms with Gasteiger partial charge in [0.2, 0.25) is 5.91 Å². The van der Waals surface area contributed by atoms with Crippen molar-refractivity contribution in [1.29, 1.82) is 0 Å². The number of amides is 1. The minimum absolute atomic E-state index is 0.0767. The smallest absolute Gasteiger partial charge is 0.308 e. The first kappa shape index (κ1) is 9.45. The molecular weight excluding hydrogens is 186 g/mol. The molecule has 0 aromatic heterocycles. The Morgan fingerprint density at radius 3 is 3.00 bits per heavy atom. The number of rotatable bonds is 1. The Hall–Kier alpha value is -1.10. The van der Waals surface area contributed by atoms with E-state index in [1.54, 1.807) is 4.90 Å². The van der Waals surface area contributed by atoms with E-state index in [1.807, 2.05) is 0 Å². The number of carboxylic acid groups (broad SMARTS) is 1. The second-order valence-electron chi connectivity index (χ2n) is 3.83. The second kappa shape index (κ2) is 3.57. The highest BCUT2D eigenvalue weighted by molar-refractivity contribution is 5.80. The number of carboxylic acids is 1. The number of carbonyl (C=O) groups is 2. The molecule has 0 saturated carbocycles. The lowest BCUT2D eigenvalue weighted by atomic mass is 9.92. The second-order valence-corrected chi connectivity index (χ2v) is 3.83. The van der Waals surface area contributed by atoms with Crippen LogP contribution in [0.15, 0.2) is 0 Å². The topological polar surface area (TPSA) is 66.8 Å². The van der Waals surface area contributed by atoms with Gasteiger partial charge in [0.05, 0.1) is 18.6 Å². The maximum Gasteiger partial charge on any atom is 0.308 e. The van der Waals surface area contributed by atoms with Crippen molar-refractivity contribution in [3.63, 3.8) is 0 Å². The summed E-state index contributed by atoms with van der Waals surface area (Å²) in [5.41, 5.74) is 0. The van der Waals surface area contributed by atoms with Crippen LogP contribution in [0.5, 0.6) is 0 Å². The molecule has 5 nitrogen and oxygen atoms in total. The van der Waals surface area contributed by atoms with Gasteiger partial charge in [-0.3, -0.25) is 9.59 Å². The maximum absolute atomic E-state index is 11.4. The number of ether oxygens (including phenoxy) is 1. The van der Waals surface area contributed by atoms with E-state index < -0.39 is 11.9 Å². The molecule has 2 rings (SSSR count). The van der Waals surface area contributed by atoms with Crippen molar-refractivity contribution >= 4 is 11.9 Å². The number of piperidine rings is 1. The van der Waals surface area contributed by atoms with Crippen LogP contribution >= 0.6 is 0 Å². The van der Waals surface area contributed by atoms with Crippen molar-refractivity contribution in [1.82, 2.24) is 4.90 Å². The zero-order chi connectivity index (χ0) is 10.1. The highest BCUT2D eigenvalue weighted by Gasteiger charge is 2.36. The SMILES string of the molecule is O=C(O)[C@@H]1CC[C@@H]2COCC(=O)N2C1. The molecule has 0 aromatic rings. The van der Waals surface area contributed by atoms with Crippen LogP contribution in [-0.2, 0) is 14.3 Å². The summed E-state index contributed by atoms with van der Waals surface area (Å²) >= 11 is 0. The molecule has 0 bridgehead atoms. The van der Waals surface area contributed by atoms with Gasteiger partial charge in [-0.1, -0.05) is 0 Å². The molecular formula is C9H13NO4. The summed E-state index contributed by atoms with van der Waals surface area (Å²) in [5.74, 6) is -1.27. The molecule has 0 aromatic carbocycles. The van der Waals surface area contributed by atoms with Crippen molar-refractivity contribution in [3.8, 4) is 0 Å². The number of carbonyl (C=O) groups excluding carboxylic acids is 1. The van der Waals surface area contributed by atoms with E-state index in [0.717, 1.165) is 6.42 Å². The molecule has 2 saturated heterocycles. The third-order valence-corrected chi connectivity index (χ3v) is 2.91. The van der Waals surface area contributed by atoms with Crippen molar-refractivity contribution in [3.05, 3.63) is 0 Å². The molecule has 2 fully saturated rings. The molecule has 78 valence electrons. The molecule has 0 spiro atoms. The average Bonchev–Trinajstić information content (AvgIpc) is 2.18. The van der Waals surface area contributed by atoms with Gasteiger partial charge in [0, 0.05) is 6.54 Å². The summed E-state index contributed by atoms with van der Waals surface area (Å²) in [6.07, 6.45) is 1.38. The lowest BCUT2D eigenvalue weighted by Gasteiger charge is -2.41. The van der Waals surface area contributed by atoms with Gasteiger partial charge in [-0.25, -0.2) is 0 Å². The van der Waals surface area contributed by atoms with Gasteiger partial charge < -0.3 is 14.7 Å². The van der Waals surface area contributed by atoms with Crippen LogP contribution in [0.25, 0.3) is 0 Å². The van der Waals surface area contributed by atoms with Crippen molar-refractivity contribution in [2.45, 2.75) is 18.9 Å². The van der Waals surface area contributed by atoms with Gasteiger partial charge >= 0.3 is 5.97 Å². The fourth-order valence-corrected chi connectivity index (χ4v) is 2.07. The Bertz CT molecular complexity index is 266. The van der Waals surface area contributed by atoms with Crippen LogP contribution in [0.3, 0.4) is 0 Å². The number of fused-ring (bicyclic) bond motifs is 1. The third-order valence-electron chi connectivity index (χ3n) is 2.91. The van der Waals surface area contributed by atoms with Crippen LogP contribution in [0.1, 0.15) is 12.8 Å². The van der Waals surface area contributed by atoms with Crippen molar-refractivity contribution in [2.24, 2.45) is 5.92 Å². The Kier molecular flexibility index (Phi) is 2.41. The standard InChI is InChI=1S/C9H13NO4/c11-8-5-14-4-7-2-1-6(9(12)13)3-10(7)8/h6-7H,1-5H2,(H,12,13)/t6-,7-/m1/s1. The fraction of sp³-hybridized carbons (Fsp3) is 0.778. The van der Waals surface area contributed by atoms with Gasteiger partial charge in [0.1, 0.15) is 6.61 Å². The molecule has 0 radical (unpaired) electrons. The summed E-state index contributed by atoms with van der Waals surface area (Å²) in [6, 6.07) is 0.104. The number of aliphatic carboxylic acids is 1. The number of nitrogens with zero attached hydrogens (tertiary/aromatic N) is 1. The summed E-state index contributed by atoms with van der Waals surface area (Å²) in [5, 5.41) is 8.85. The van der Waals surface area contributed by atoms with Crippen molar-refractivity contribution in [2.75, 3.05) is 19.8 Å². The molecule has 14 heavy (non-hydrogen) atoms. The minimum atomic E-state index is -0.803. The van der Waals surface area contributed by atoms with E-state index in [4.69, 9.17) is 9.84 Å². The first-order chi connectivity index (χ1) is 6.68. The summed E-state index contributed by atoms with van der Waals surface area (Å²) < 4.78 is 5.11. The van der Waals surface area contributed by atoms with Gasteiger partial charge in [-0.15, -0.1) is 0 Å². The van der Waals surface area contributed by atoms with E-state index in [9.17, 15) is 9.59 Å². The summed E-state index contributed by atoms with van der Waals surface area (Å²) in [6.45, 7) is 1.00. The quantitative estimate of drug-likeness (QED) is 0.630. The van der Waals surface area contributed by atoms with Crippen LogP contribution in [0.2, 0.25) is 0 Å². The Morgan fingerprint density at radius 1 is 1.50 bits per heavy atom. The van der Waals surface area contributed by atoms with Crippen LogP contribution in [-0.4, -0.2) is 47.7 Å².